The van der Waals surface area contributed by atoms with Gasteiger partial charge < -0.3 is 4.48 Å². The molecule has 0 rings (SSSR count). The molecule has 0 aromatic rings. The number of nitrogens with zero attached hydrogens (tertiary/aromatic N) is 1. The molecule has 0 unspecified atom stereocenters. The van der Waals surface area contributed by atoms with Crippen molar-refractivity contribution in [3.63, 3.8) is 0 Å². The van der Waals surface area contributed by atoms with Gasteiger partial charge in [-0.25, -0.2) is 0 Å². The molecule has 0 aliphatic rings. The molecular formula is C9H19ClN+. The molecule has 66 valence electrons. The summed E-state index contributed by atoms with van der Waals surface area (Å²) >= 11 is 5.75. The summed E-state index contributed by atoms with van der Waals surface area (Å²) in [5.74, 6) is 0. The minimum Gasteiger partial charge on any atom is -0.323 e. The van der Waals surface area contributed by atoms with Gasteiger partial charge >= 0.3 is 0 Å². The van der Waals surface area contributed by atoms with Crippen molar-refractivity contribution >= 4 is 11.6 Å². The highest BCUT2D eigenvalue weighted by molar-refractivity contribution is 6.29. The van der Waals surface area contributed by atoms with Crippen molar-refractivity contribution in [2.75, 3.05) is 26.7 Å². The zero-order valence-corrected chi connectivity index (χ0v) is 8.78. The molecule has 0 aromatic heterocycles. The fraction of sp³-hybridized carbons (Fsp3) is 0.778. The molecule has 0 aliphatic heterocycles. The molecule has 0 atom stereocenters. The maximum atomic E-state index is 5.75. The van der Waals surface area contributed by atoms with E-state index in [1.165, 1.54) is 0 Å². The van der Waals surface area contributed by atoms with E-state index in [1.54, 1.807) is 0 Å². The maximum absolute atomic E-state index is 5.75. The summed E-state index contributed by atoms with van der Waals surface area (Å²) in [6, 6.07) is 0. The van der Waals surface area contributed by atoms with E-state index in [4.69, 9.17) is 11.6 Å². The monoisotopic (exact) mass is 176 g/mol. The Morgan fingerprint density at radius 3 is 2.09 bits per heavy atom. The third kappa shape index (κ3) is 4.44. The third-order valence-electron chi connectivity index (χ3n) is 2.34. The summed E-state index contributed by atoms with van der Waals surface area (Å²) in [5, 5.41) is 0.899. The Kier molecular flexibility index (Phi) is 4.78. The Labute approximate surface area is 75.2 Å². The topological polar surface area (TPSA) is 0 Å². The van der Waals surface area contributed by atoms with E-state index >= 15 is 0 Å². The Morgan fingerprint density at radius 2 is 1.82 bits per heavy atom. The Balaban J connectivity index is 3.98. The van der Waals surface area contributed by atoms with Gasteiger partial charge in [0.2, 0.25) is 0 Å². The molecule has 0 aliphatic carbocycles. The first-order chi connectivity index (χ1) is 5.04. The van der Waals surface area contributed by atoms with Crippen LogP contribution in [0.5, 0.6) is 0 Å². The minimum absolute atomic E-state index is 0.899. The van der Waals surface area contributed by atoms with Gasteiger partial charge in [0.1, 0.15) is 0 Å². The molecule has 0 bridgehead atoms. The number of quaternary nitrogens is 1. The molecular weight excluding hydrogens is 158 g/mol. The molecule has 0 spiro atoms. The van der Waals surface area contributed by atoms with Crippen LogP contribution < -0.4 is 0 Å². The van der Waals surface area contributed by atoms with E-state index in [9.17, 15) is 0 Å². The molecule has 0 heterocycles. The Bertz CT molecular complexity index is 132. The molecule has 2 heteroatoms. The SMILES string of the molecule is CC[N+](C)(CC)C/C=C(/C)Cl. The number of hydrogen-bond acceptors (Lipinski definition) is 0. The van der Waals surface area contributed by atoms with Crippen LogP contribution in [0.1, 0.15) is 20.8 Å². The van der Waals surface area contributed by atoms with Gasteiger partial charge in [-0.1, -0.05) is 11.6 Å². The van der Waals surface area contributed by atoms with Crippen molar-refractivity contribution in [3.8, 4) is 0 Å². The minimum atomic E-state index is 0.899. The summed E-state index contributed by atoms with van der Waals surface area (Å²) in [6.07, 6.45) is 2.09. The van der Waals surface area contributed by atoms with E-state index in [0.29, 0.717) is 0 Å². The van der Waals surface area contributed by atoms with Gasteiger partial charge in [0.15, 0.2) is 0 Å². The first-order valence-corrected chi connectivity index (χ1v) is 4.57. The highest BCUT2D eigenvalue weighted by Crippen LogP contribution is 2.05. The normalized spacial score (nSPS) is 13.7. The first kappa shape index (κ1) is 11.0. The molecule has 0 saturated heterocycles. The smallest absolute Gasteiger partial charge is 0.0985 e. The van der Waals surface area contributed by atoms with Gasteiger partial charge in [-0.3, -0.25) is 0 Å². The molecule has 0 N–H and O–H groups in total. The van der Waals surface area contributed by atoms with Gasteiger partial charge in [-0.05, 0) is 26.8 Å². The van der Waals surface area contributed by atoms with Crippen LogP contribution in [0.4, 0.5) is 0 Å². The highest BCUT2D eigenvalue weighted by Gasteiger charge is 2.13. The van der Waals surface area contributed by atoms with Crippen LogP contribution in [0.15, 0.2) is 11.1 Å². The fourth-order valence-electron chi connectivity index (χ4n) is 0.828. The van der Waals surface area contributed by atoms with E-state index in [2.05, 4.69) is 27.0 Å². The lowest BCUT2D eigenvalue weighted by Crippen LogP contribution is -2.43. The third-order valence-corrected chi connectivity index (χ3v) is 2.49. The molecule has 0 aromatic carbocycles. The van der Waals surface area contributed by atoms with Crippen LogP contribution in [0, 0.1) is 0 Å². The van der Waals surface area contributed by atoms with Crippen molar-refractivity contribution in [1.82, 2.24) is 0 Å². The standard InChI is InChI=1S/C9H19ClN/c1-5-11(4,6-2)8-7-9(3)10/h7H,5-6,8H2,1-4H3/q+1/b9-7-. The lowest BCUT2D eigenvalue weighted by atomic mass is 10.3. The van der Waals surface area contributed by atoms with Crippen molar-refractivity contribution in [2.45, 2.75) is 20.8 Å². The van der Waals surface area contributed by atoms with Crippen LogP contribution in [0.2, 0.25) is 0 Å². The molecule has 11 heavy (non-hydrogen) atoms. The van der Waals surface area contributed by atoms with Crippen LogP contribution >= 0.6 is 11.6 Å². The summed E-state index contributed by atoms with van der Waals surface area (Å²) in [4.78, 5) is 0. The van der Waals surface area contributed by atoms with E-state index in [0.717, 1.165) is 29.1 Å². The van der Waals surface area contributed by atoms with Gasteiger partial charge in [0.25, 0.3) is 0 Å². The van der Waals surface area contributed by atoms with Crippen LogP contribution in [-0.2, 0) is 0 Å². The zero-order valence-electron chi connectivity index (χ0n) is 8.02. The van der Waals surface area contributed by atoms with Crippen molar-refractivity contribution in [2.24, 2.45) is 0 Å². The Hall–Kier alpha value is -0.0100. The van der Waals surface area contributed by atoms with E-state index < -0.39 is 0 Å². The lowest BCUT2D eigenvalue weighted by Gasteiger charge is -2.30. The molecule has 1 nitrogen and oxygen atoms in total. The average molecular weight is 177 g/mol. The summed E-state index contributed by atoms with van der Waals surface area (Å²) < 4.78 is 1.07. The summed E-state index contributed by atoms with van der Waals surface area (Å²) in [5.41, 5.74) is 0. The van der Waals surface area contributed by atoms with Gasteiger partial charge in [0.05, 0.1) is 26.7 Å². The molecule has 0 saturated carbocycles. The molecule has 0 fully saturated rings. The number of halogens is 1. The predicted octanol–water partition coefficient (Wildman–Crippen LogP) is 2.62. The molecule has 0 radical (unpaired) electrons. The second-order valence-electron chi connectivity index (χ2n) is 3.23. The highest BCUT2D eigenvalue weighted by atomic mass is 35.5. The fourth-order valence-corrected chi connectivity index (χ4v) is 0.897. The largest absolute Gasteiger partial charge is 0.323 e. The van der Waals surface area contributed by atoms with Gasteiger partial charge in [-0.15, -0.1) is 0 Å². The van der Waals surface area contributed by atoms with Crippen molar-refractivity contribution in [1.29, 1.82) is 0 Å². The van der Waals surface area contributed by atoms with E-state index in [1.807, 2.05) is 6.92 Å². The van der Waals surface area contributed by atoms with Gasteiger partial charge in [0, 0.05) is 5.03 Å². The summed E-state index contributed by atoms with van der Waals surface area (Å²) in [7, 11) is 2.25. The second kappa shape index (κ2) is 4.78. The average Bonchev–Trinajstić information content (AvgIpc) is 2.00. The maximum Gasteiger partial charge on any atom is 0.0985 e. The first-order valence-electron chi connectivity index (χ1n) is 4.20. The second-order valence-corrected chi connectivity index (χ2v) is 3.82. The number of likely N-dealkylation sites (N-methyl/N-ethyl adjacent to an activating group) is 1. The van der Waals surface area contributed by atoms with Crippen LogP contribution in [0.25, 0.3) is 0 Å². The summed E-state index contributed by atoms with van der Waals surface area (Å²) in [6.45, 7) is 9.72. The Morgan fingerprint density at radius 1 is 1.36 bits per heavy atom. The van der Waals surface area contributed by atoms with Crippen molar-refractivity contribution in [3.05, 3.63) is 11.1 Å². The van der Waals surface area contributed by atoms with Crippen LogP contribution in [-0.4, -0.2) is 31.2 Å². The zero-order chi connectivity index (χ0) is 8.91. The van der Waals surface area contributed by atoms with E-state index in [-0.39, 0.29) is 0 Å². The predicted molar refractivity (Wildman–Crippen MR) is 51.7 cm³/mol. The number of rotatable bonds is 4. The van der Waals surface area contributed by atoms with Gasteiger partial charge in [-0.2, -0.15) is 0 Å². The van der Waals surface area contributed by atoms with Crippen LogP contribution in [0.3, 0.4) is 0 Å². The lowest BCUT2D eigenvalue weighted by molar-refractivity contribution is -0.900. The quantitative estimate of drug-likeness (QED) is 0.578. The number of hydrogen-bond donors (Lipinski definition) is 0. The number of allylic oxidation sites excluding steroid dienone is 1. The molecule has 0 amide bonds. The van der Waals surface area contributed by atoms with Crippen molar-refractivity contribution < 1.29 is 4.48 Å².